The molecule has 1 rings (SSSR count). The number of amides is 1. The molecule has 0 aromatic heterocycles. The second-order valence-corrected chi connectivity index (χ2v) is 6.41. The van der Waals surface area contributed by atoms with E-state index >= 15 is 0 Å². The quantitative estimate of drug-likeness (QED) is 0.748. The van der Waals surface area contributed by atoms with Crippen molar-refractivity contribution < 1.29 is 19.1 Å². The topological polar surface area (TPSA) is 55.8 Å². The zero-order valence-electron chi connectivity index (χ0n) is 13.3. The number of nitrogens with zero attached hydrogens (tertiary/aromatic N) is 1. The molecule has 1 aliphatic rings. The summed E-state index contributed by atoms with van der Waals surface area (Å²) in [4.78, 5) is 25.3. The van der Waals surface area contributed by atoms with Gasteiger partial charge in [-0.3, -0.25) is 4.79 Å². The van der Waals surface area contributed by atoms with Crippen LogP contribution in [0.1, 0.15) is 53.9 Å². The zero-order chi connectivity index (χ0) is 15.3. The van der Waals surface area contributed by atoms with Gasteiger partial charge in [-0.25, -0.2) is 4.79 Å². The highest BCUT2D eigenvalue weighted by Crippen LogP contribution is 2.18. The Hall–Kier alpha value is -1.26. The van der Waals surface area contributed by atoms with E-state index in [-0.39, 0.29) is 24.1 Å². The van der Waals surface area contributed by atoms with Crippen LogP contribution in [0.3, 0.4) is 0 Å². The molecule has 0 bridgehead atoms. The van der Waals surface area contributed by atoms with Gasteiger partial charge in [0.2, 0.25) is 0 Å². The third-order valence-electron chi connectivity index (χ3n) is 3.39. The van der Waals surface area contributed by atoms with E-state index in [4.69, 9.17) is 9.47 Å². The third kappa shape index (κ3) is 5.39. The Kier molecular flexibility index (Phi) is 5.84. The van der Waals surface area contributed by atoms with E-state index in [1.54, 1.807) is 4.90 Å². The highest BCUT2D eigenvalue weighted by molar-refractivity contribution is 5.72. The Morgan fingerprint density at radius 2 is 1.80 bits per heavy atom. The van der Waals surface area contributed by atoms with Crippen molar-refractivity contribution in [3.8, 4) is 0 Å². The zero-order valence-corrected chi connectivity index (χ0v) is 13.3. The van der Waals surface area contributed by atoms with Gasteiger partial charge in [0.25, 0.3) is 0 Å². The highest BCUT2D eigenvalue weighted by atomic mass is 16.6. The van der Waals surface area contributed by atoms with Crippen molar-refractivity contribution in [2.24, 2.45) is 5.92 Å². The summed E-state index contributed by atoms with van der Waals surface area (Å²) in [5.41, 5.74) is -0.475. The van der Waals surface area contributed by atoms with Crippen LogP contribution in [-0.4, -0.2) is 41.8 Å². The highest BCUT2D eigenvalue weighted by Gasteiger charge is 2.29. The molecule has 0 spiro atoms. The van der Waals surface area contributed by atoms with Gasteiger partial charge in [0.1, 0.15) is 11.7 Å². The number of piperidine rings is 1. The monoisotopic (exact) mass is 285 g/mol. The van der Waals surface area contributed by atoms with Crippen LogP contribution in [0.2, 0.25) is 0 Å². The number of carbonyl (C=O) groups is 2. The molecule has 1 heterocycles. The summed E-state index contributed by atoms with van der Waals surface area (Å²) in [6.45, 7) is 10.6. The van der Waals surface area contributed by atoms with E-state index in [0.717, 1.165) is 6.42 Å². The van der Waals surface area contributed by atoms with Gasteiger partial charge in [-0.05, 0) is 27.2 Å². The number of esters is 1. The Bertz CT molecular complexity index is 340. The number of ether oxygens (including phenoxy) is 2. The van der Waals surface area contributed by atoms with Crippen molar-refractivity contribution in [3.05, 3.63) is 0 Å². The van der Waals surface area contributed by atoms with Crippen molar-refractivity contribution in [1.82, 2.24) is 4.90 Å². The van der Waals surface area contributed by atoms with E-state index in [1.807, 2.05) is 34.6 Å². The minimum absolute atomic E-state index is 0.0566. The van der Waals surface area contributed by atoms with Crippen molar-refractivity contribution in [2.45, 2.75) is 65.6 Å². The van der Waals surface area contributed by atoms with E-state index < -0.39 is 5.60 Å². The molecule has 0 aromatic carbocycles. The van der Waals surface area contributed by atoms with Crippen LogP contribution in [0.4, 0.5) is 4.79 Å². The first-order valence-corrected chi connectivity index (χ1v) is 7.41. The number of hydrogen-bond acceptors (Lipinski definition) is 4. The van der Waals surface area contributed by atoms with Gasteiger partial charge in [-0.15, -0.1) is 0 Å². The first kappa shape index (κ1) is 16.8. The lowest BCUT2D eigenvalue weighted by Crippen LogP contribution is -2.44. The fraction of sp³-hybridized carbons (Fsp3) is 0.867. The summed E-state index contributed by atoms with van der Waals surface area (Å²) in [7, 11) is 0. The Labute approximate surface area is 121 Å². The molecule has 1 unspecified atom stereocenters. The molecule has 1 amide bonds. The van der Waals surface area contributed by atoms with Gasteiger partial charge in [0, 0.05) is 25.9 Å². The van der Waals surface area contributed by atoms with E-state index in [0.29, 0.717) is 25.9 Å². The smallest absolute Gasteiger partial charge is 0.410 e. The maximum atomic E-state index is 11.9. The third-order valence-corrected chi connectivity index (χ3v) is 3.39. The van der Waals surface area contributed by atoms with Crippen molar-refractivity contribution >= 4 is 12.1 Å². The summed E-state index contributed by atoms with van der Waals surface area (Å²) in [5, 5.41) is 0. The van der Waals surface area contributed by atoms with E-state index in [9.17, 15) is 9.59 Å². The maximum Gasteiger partial charge on any atom is 0.410 e. The standard InChI is InChI=1S/C15H27NO4/c1-6-11(2)13(17)19-12-7-9-16(10-8-12)14(18)20-15(3,4)5/h11-12H,6-10H2,1-5H3. The second-order valence-electron chi connectivity index (χ2n) is 6.41. The van der Waals surface area contributed by atoms with Gasteiger partial charge in [-0.1, -0.05) is 13.8 Å². The van der Waals surface area contributed by atoms with Gasteiger partial charge in [0.05, 0.1) is 5.92 Å². The first-order valence-electron chi connectivity index (χ1n) is 7.41. The number of likely N-dealkylation sites (tertiary alicyclic amines) is 1. The van der Waals surface area contributed by atoms with Crippen LogP contribution in [0.15, 0.2) is 0 Å². The Balaban J connectivity index is 2.37. The lowest BCUT2D eigenvalue weighted by atomic mass is 10.1. The molecule has 5 heteroatoms. The number of hydrogen-bond donors (Lipinski definition) is 0. The van der Waals surface area contributed by atoms with Crippen LogP contribution < -0.4 is 0 Å². The van der Waals surface area contributed by atoms with Crippen LogP contribution in [0.5, 0.6) is 0 Å². The normalized spacial score (nSPS) is 18.6. The van der Waals surface area contributed by atoms with Crippen LogP contribution in [0.25, 0.3) is 0 Å². The van der Waals surface area contributed by atoms with Crippen molar-refractivity contribution in [3.63, 3.8) is 0 Å². The molecule has 0 saturated carbocycles. The molecule has 1 fully saturated rings. The Morgan fingerprint density at radius 1 is 1.25 bits per heavy atom. The number of carbonyl (C=O) groups excluding carboxylic acids is 2. The van der Waals surface area contributed by atoms with Gasteiger partial charge in [-0.2, -0.15) is 0 Å². The average Bonchev–Trinajstić information content (AvgIpc) is 2.36. The minimum atomic E-state index is -0.475. The minimum Gasteiger partial charge on any atom is -0.462 e. The predicted octanol–water partition coefficient (Wildman–Crippen LogP) is 2.98. The average molecular weight is 285 g/mol. The van der Waals surface area contributed by atoms with E-state index in [1.165, 1.54) is 0 Å². The Morgan fingerprint density at radius 3 is 2.25 bits per heavy atom. The molecule has 0 aliphatic carbocycles. The molecule has 0 aromatic rings. The fourth-order valence-electron chi connectivity index (χ4n) is 1.93. The number of rotatable bonds is 3. The summed E-state index contributed by atoms with van der Waals surface area (Å²) < 4.78 is 10.8. The van der Waals surface area contributed by atoms with Crippen LogP contribution >= 0.6 is 0 Å². The van der Waals surface area contributed by atoms with Crippen LogP contribution in [-0.2, 0) is 14.3 Å². The van der Waals surface area contributed by atoms with Gasteiger partial charge >= 0.3 is 12.1 Å². The second kappa shape index (κ2) is 6.95. The molecule has 5 nitrogen and oxygen atoms in total. The fourth-order valence-corrected chi connectivity index (χ4v) is 1.93. The molecule has 0 N–H and O–H groups in total. The summed E-state index contributed by atoms with van der Waals surface area (Å²) >= 11 is 0. The largest absolute Gasteiger partial charge is 0.462 e. The van der Waals surface area contributed by atoms with Crippen molar-refractivity contribution in [2.75, 3.05) is 13.1 Å². The van der Waals surface area contributed by atoms with Crippen molar-refractivity contribution in [1.29, 1.82) is 0 Å². The van der Waals surface area contributed by atoms with Gasteiger partial charge in [0.15, 0.2) is 0 Å². The molecular formula is C15H27NO4. The van der Waals surface area contributed by atoms with Gasteiger partial charge < -0.3 is 14.4 Å². The molecule has 20 heavy (non-hydrogen) atoms. The molecular weight excluding hydrogens is 258 g/mol. The predicted molar refractivity (Wildman–Crippen MR) is 76.4 cm³/mol. The summed E-state index contributed by atoms with van der Waals surface area (Å²) in [6.07, 6.45) is 1.79. The maximum absolute atomic E-state index is 11.9. The SMILES string of the molecule is CCC(C)C(=O)OC1CCN(C(=O)OC(C)(C)C)CC1. The lowest BCUT2D eigenvalue weighted by molar-refractivity contribution is -0.155. The molecule has 0 radical (unpaired) electrons. The van der Waals surface area contributed by atoms with Crippen LogP contribution in [0, 0.1) is 5.92 Å². The summed E-state index contributed by atoms with van der Waals surface area (Å²) in [6, 6.07) is 0. The molecule has 1 aliphatic heterocycles. The van der Waals surface area contributed by atoms with E-state index in [2.05, 4.69) is 0 Å². The molecule has 1 saturated heterocycles. The molecule has 1 atom stereocenters. The summed E-state index contributed by atoms with van der Waals surface area (Å²) in [5.74, 6) is -0.192. The molecule has 116 valence electrons. The first-order chi connectivity index (χ1) is 9.23. The lowest BCUT2D eigenvalue weighted by Gasteiger charge is -2.33.